The molecule has 4 rings (SSSR count). The average Bonchev–Trinajstić information content (AvgIpc) is 2.89. The van der Waals surface area contributed by atoms with Crippen LogP contribution in [0.1, 0.15) is 0 Å². The van der Waals surface area contributed by atoms with Crippen LogP contribution in [0.15, 0.2) is 43.0 Å². The molecular weight excluding hydrogens is 252 g/mol. The Labute approximate surface area is 113 Å². The van der Waals surface area contributed by atoms with E-state index in [0.717, 1.165) is 33.2 Å². The lowest BCUT2D eigenvalue weighted by Gasteiger charge is -2.01. The van der Waals surface area contributed by atoms with Crippen LogP contribution in [0.3, 0.4) is 0 Å². The van der Waals surface area contributed by atoms with Crippen LogP contribution in [-0.4, -0.2) is 24.9 Å². The first-order valence-corrected chi connectivity index (χ1v) is 6.12. The summed E-state index contributed by atoms with van der Waals surface area (Å²) in [5, 5.41) is 0.933. The lowest BCUT2D eigenvalue weighted by Crippen LogP contribution is -1.93. The fourth-order valence-corrected chi connectivity index (χ4v) is 2.29. The summed E-state index contributed by atoms with van der Waals surface area (Å²) in [5.41, 5.74) is 10.1. The van der Waals surface area contributed by atoms with E-state index in [9.17, 15) is 0 Å². The van der Waals surface area contributed by atoms with Gasteiger partial charge in [0.2, 0.25) is 5.95 Å². The summed E-state index contributed by atoms with van der Waals surface area (Å²) in [7, 11) is 0. The SMILES string of the molecule is Nc1ncc2c(-c3ccc4nccnc4c3)c[nH]c2n1. The van der Waals surface area contributed by atoms with E-state index in [1.165, 1.54) is 0 Å². The van der Waals surface area contributed by atoms with Gasteiger partial charge in [-0.05, 0) is 17.7 Å². The van der Waals surface area contributed by atoms with Gasteiger partial charge in [0, 0.05) is 35.7 Å². The number of rotatable bonds is 1. The molecule has 0 bridgehead atoms. The van der Waals surface area contributed by atoms with Crippen LogP contribution in [0.25, 0.3) is 33.2 Å². The standard InChI is InChI=1S/C14H10N6/c15-14-19-7-10-9(6-18-13(10)20-14)8-1-2-11-12(5-8)17-4-3-16-11/h1-7H,(H3,15,18,19,20). The Bertz CT molecular complexity index is 927. The molecule has 3 aromatic heterocycles. The van der Waals surface area contributed by atoms with Crippen molar-refractivity contribution in [3.63, 3.8) is 0 Å². The molecule has 0 amide bonds. The number of nitrogens with zero attached hydrogens (tertiary/aromatic N) is 4. The zero-order valence-electron chi connectivity index (χ0n) is 10.4. The second kappa shape index (κ2) is 3.99. The molecule has 20 heavy (non-hydrogen) atoms. The second-order valence-electron chi connectivity index (χ2n) is 4.45. The number of nitrogen functional groups attached to an aromatic ring is 1. The van der Waals surface area contributed by atoms with Gasteiger partial charge in [-0.3, -0.25) is 9.97 Å². The van der Waals surface area contributed by atoms with Crippen molar-refractivity contribution >= 4 is 28.0 Å². The molecule has 0 atom stereocenters. The van der Waals surface area contributed by atoms with Crippen LogP contribution in [-0.2, 0) is 0 Å². The average molecular weight is 262 g/mol. The largest absolute Gasteiger partial charge is 0.368 e. The molecular formula is C14H10N6. The van der Waals surface area contributed by atoms with Crippen molar-refractivity contribution in [1.29, 1.82) is 0 Å². The summed E-state index contributed by atoms with van der Waals surface area (Å²) in [5.74, 6) is 0.260. The van der Waals surface area contributed by atoms with E-state index in [0.29, 0.717) is 0 Å². The highest BCUT2D eigenvalue weighted by molar-refractivity contribution is 5.95. The van der Waals surface area contributed by atoms with Gasteiger partial charge in [-0.25, -0.2) is 4.98 Å². The highest BCUT2D eigenvalue weighted by atomic mass is 15.0. The Hall–Kier alpha value is -3.02. The fraction of sp³-hybridized carbons (Fsp3) is 0. The first-order valence-electron chi connectivity index (χ1n) is 6.12. The van der Waals surface area contributed by atoms with Crippen LogP contribution in [0.5, 0.6) is 0 Å². The lowest BCUT2D eigenvalue weighted by atomic mass is 10.1. The molecule has 96 valence electrons. The number of fused-ring (bicyclic) bond motifs is 2. The predicted molar refractivity (Wildman–Crippen MR) is 76.8 cm³/mol. The number of aromatic nitrogens is 5. The number of nitrogens with one attached hydrogen (secondary N) is 1. The summed E-state index contributed by atoms with van der Waals surface area (Å²) in [6.45, 7) is 0. The van der Waals surface area contributed by atoms with Crippen LogP contribution < -0.4 is 5.73 Å². The molecule has 0 aliphatic carbocycles. The van der Waals surface area contributed by atoms with E-state index in [4.69, 9.17) is 5.73 Å². The summed E-state index contributed by atoms with van der Waals surface area (Å²) in [4.78, 5) is 19.9. The van der Waals surface area contributed by atoms with Crippen molar-refractivity contribution in [2.45, 2.75) is 0 Å². The first kappa shape index (κ1) is 10.9. The molecule has 4 aromatic rings. The number of aromatic amines is 1. The number of anilines is 1. The number of hydrogen-bond donors (Lipinski definition) is 2. The van der Waals surface area contributed by atoms with Gasteiger partial charge < -0.3 is 10.7 Å². The molecule has 0 spiro atoms. The summed E-state index contributed by atoms with van der Waals surface area (Å²) < 4.78 is 0. The molecule has 3 heterocycles. The fourth-order valence-electron chi connectivity index (χ4n) is 2.29. The number of nitrogens with two attached hydrogens (primary N) is 1. The van der Waals surface area contributed by atoms with Crippen LogP contribution in [0.4, 0.5) is 5.95 Å². The summed E-state index contributed by atoms with van der Waals surface area (Å²) in [6.07, 6.45) is 7.00. The molecule has 0 aliphatic rings. The maximum Gasteiger partial charge on any atom is 0.221 e. The van der Waals surface area contributed by atoms with Gasteiger partial charge in [0.05, 0.1) is 11.0 Å². The second-order valence-corrected chi connectivity index (χ2v) is 4.45. The maximum atomic E-state index is 5.59. The molecule has 0 unspecified atom stereocenters. The molecule has 0 aliphatic heterocycles. The molecule has 0 radical (unpaired) electrons. The zero-order chi connectivity index (χ0) is 13.5. The van der Waals surface area contributed by atoms with Gasteiger partial charge in [0.1, 0.15) is 5.65 Å². The van der Waals surface area contributed by atoms with Crippen molar-refractivity contribution in [2.75, 3.05) is 5.73 Å². The third-order valence-corrected chi connectivity index (χ3v) is 3.23. The number of benzene rings is 1. The Kier molecular flexibility index (Phi) is 2.17. The quantitative estimate of drug-likeness (QED) is 0.548. The van der Waals surface area contributed by atoms with Crippen molar-refractivity contribution in [1.82, 2.24) is 24.9 Å². The van der Waals surface area contributed by atoms with Gasteiger partial charge in [0.25, 0.3) is 0 Å². The van der Waals surface area contributed by atoms with E-state index in [2.05, 4.69) is 24.9 Å². The Morgan fingerprint density at radius 1 is 1.00 bits per heavy atom. The molecule has 6 heteroatoms. The summed E-state index contributed by atoms with van der Waals surface area (Å²) in [6, 6.07) is 5.96. The van der Waals surface area contributed by atoms with Crippen LogP contribution >= 0.6 is 0 Å². The van der Waals surface area contributed by atoms with E-state index in [1.54, 1.807) is 18.6 Å². The topological polar surface area (TPSA) is 93.4 Å². The Morgan fingerprint density at radius 2 is 1.85 bits per heavy atom. The molecule has 0 saturated heterocycles. The smallest absolute Gasteiger partial charge is 0.221 e. The number of H-pyrrole nitrogens is 1. The third kappa shape index (κ3) is 1.58. The molecule has 1 aromatic carbocycles. The highest BCUT2D eigenvalue weighted by Crippen LogP contribution is 2.28. The van der Waals surface area contributed by atoms with Gasteiger partial charge in [0.15, 0.2) is 0 Å². The Balaban J connectivity index is 1.96. The monoisotopic (exact) mass is 262 g/mol. The normalized spacial score (nSPS) is 11.2. The molecule has 3 N–H and O–H groups in total. The van der Waals surface area contributed by atoms with Crippen molar-refractivity contribution < 1.29 is 0 Å². The minimum absolute atomic E-state index is 0.260. The van der Waals surface area contributed by atoms with E-state index in [1.807, 2.05) is 24.4 Å². The van der Waals surface area contributed by atoms with E-state index >= 15 is 0 Å². The van der Waals surface area contributed by atoms with Crippen molar-refractivity contribution in [3.05, 3.63) is 43.0 Å². The molecule has 0 saturated carbocycles. The van der Waals surface area contributed by atoms with E-state index < -0.39 is 0 Å². The Morgan fingerprint density at radius 3 is 2.75 bits per heavy atom. The van der Waals surface area contributed by atoms with E-state index in [-0.39, 0.29) is 5.95 Å². The van der Waals surface area contributed by atoms with Crippen molar-refractivity contribution in [3.8, 4) is 11.1 Å². The minimum Gasteiger partial charge on any atom is -0.368 e. The highest BCUT2D eigenvalue weighted by Gasteiger charge is 2.09. The van der Waals surface area contributed by atoms with Gasteiger partial charge in [-0.15, -0.1) is 0 Å². The summed E-state index contributed by atoms with van der Waals surface area (Å²) >= 11 is 0. The predicted octanol–water partition coefficient (Wildman–Crippen LogP) is 2.15. The van der Waals surface area contributed by atoms with Gasteiger partial charge >= 0.3 is 0 Å². The minimum atomic E-state index is 0.260. The van der Waals surface area contributed by atoms with Gasteiger partial charge in [-0.2, -0.15) is 4.98 Å². The molecule has 0 fully saturated rings. The lowest BCUT2D eigenvalue weighted by molar-refractivity contribution is 1.22. The maximum absolute atomic E-state index is 5.59. The number of hydrogen-bond acceptors (Lipinski definition) is 5. The zero-order valence-corrected chi connectivity index (χ0v) is 10.4. The van der Waals surface area contributed by atoms with Gasteiger partial charge in [-0.1, -0.05) is 6.07 Å². The van der Waals surface area contributed by atoms with Crippen molar-refractivity contribution in [2.24, 2.45) is 0 Å². The molecule has 6 nitrogen and oxygen atoms in total. The van der Waals surface area contributed by atoms with Crippen LogP contribution in [0, 0.1) is 0 Å². The first-order chi connectivity index (χ1) is 9.81. The third-order valence-electron chi connectivity index (χ3n) is 3.23. The van der Waals surface area contributed by atoms with Crippen LogP contribution in [0.2, 0.25) is 0 Å².